The van der Waals surface area contributed by atoms with Crippen molar-refractivity contribution in [2.45, 2.75) is 6.92 Å². The van der Waals surface area contributed by atoms with E-state index in [2.05, 4.69) is 15.8 Å². The van der Waals surface area contributed by atoms with Gasteiger partial charge in [-0.2, -0.15) is 0 Å². The predicted molar refractivity (Wildman–Crippen MR) is 110 cm³/mol. The minimum Gasteiger partial charge on any atom is -0.482 e. The Morgan fingerprint density at radius 1 is 1.11 bits per heavy atom. The van der Waals surface area contributed by atoms with E-state index in [1.54, 1.807) is 19.1 Å². The van der Waals surface area contributed by atoms with E-state index in [0.717, 1.165) is 10.6 Å². The second kappa shape index (κ2) is 9.05. The van der Waals surface area contributed by atoms with Crippen LogP contribution >= 0.6 is 34.5 Å². The van der Waals surface area contributed by atoms with Crippen molar-refractivity contribution in [3.63, 3.8) is 0 Å². The number of halogens is 2. The lowest BCUT2D eigenvalue weighted by Gasteiger charge is -2.09. The highest BCUT2D eigenvalue weighted by Crippen LogP contribution is 2.28. The first-order chi connectivity index (χ1) is 13.4. The number of carbonyl (C=O) groups is 2. The van der Waals surface area contributed by atoms with Crippen LogP contribution in [-0.2, 0) is 4.79 Å². The van der Waals surface area contributed by atoms with Crippen LogP contribution in [0.4, 0.5) is 0 Å². The molecular weight excluding hydrogens is 421 g/mol. The number of hydrogen-bond acceptors (Lipinski definition) is 5. The normalized spacial score (nSPS) is 10.4. The lowest BCUT2D eigenvalue weighted by atomic mass is 10.2. The molecule has 2 aromatic carbocycles. The van der Waals surface area contributed by atoms with Gasteiger partial charge < -0.3 is 4.74 Å². The van der Waals surface area contributed by atoms with Gasteiger partial charge in [-0.3, -0.25) is 20.4 Å². The zero-order chi connectivity index (χ0) is 20.1. The molecule has 9 heteroatoms. The molecule has 0 radical (unpaired) electrons. The van der Waals surface area contributed by atoms with E-state index >= 15 is 0 Å². The van der Waals surface area contributed by atoms with Gasteiger partial charge in [0.2, 0.25) is 0 Å². The van der Waals surface area contributed by atoms with Gasteiger partial charge in [0.15, 0.2) is 6.61 Å². The van der Waals surface area contributed by atoms with Gasteiger partial charge in [-0.1, -0.05) is 53.5 Å². The number of carbonyl (C=O) groups excluding carboxylic acids is 2. The summed E-state index contributed by atoms with van der Waals surface area (Å²) in [6.45, 7) is 1.42. The molecule has 2 N–H and O–H groups in total. The minimum atomic E-state index is -0.537. The van der Waals surface area contributed by atoms with Crippen molar-refractivity contribution >= 4 is 46.4 Å². The third kappa shape index (κ3) is 5.01. The number of aromatic nitrogens is 1. The van der Waals surface area contributed by atoms with Crippen molar-refractivity contribution in [1.29, 1.82) is 0 Å². The summed E-state index contributed by atoms with van der Waals surface area (Å²) in [6, 6.07) is 14.2. The van der Waals surface area contributed by atoms with Crippen molar-refractivity contribution in [1.82, 2.24) is 15.8 Å². The summed E-state index contributed by atoms with van der Waals surface area (Å²) in [5, 5.41) is 1.48. The van der Waals surface area contributed by atoms with Crippen molar-refractivity contribution in [3.8, 4) is 16.3 Å². The Morgan fingerprint density at radius 3 is 2.57 bits per heavy atom. The summed E-state index contributed by atoms with van der Waals surface area (Å²) in [4.78, 5) is 29.1. The van der Waals surface area contributed by atoms with Crippen LogP contribution in [0.3, 0.4) is 0 Å². The molecule has 1 heterocycles. The molecule has 0 aliphatic rings. The molecule has 28 heavy (non-hydrogen) atoms. The summed E-state index contributed by atoms with van der Waals surface area (Å²) in [5.41, 5.74) is 6.17. The highest BCUT2D eigenvalue weighted by atomic mass is 35.5. The smallest absolute Gasteiger partial charge is 0.281 e. The van der Waals surface area contributed by atoms with E-state index in [0.29, 0.717) is 21.3 Å². The number of amides is 2. The Hall–Kier alpha value is -2.61. The average Bonchev–Trinajstić information content (AvgIpc) is 3.08. The number of nitrogens with one attached hydrogen (secondary N) is 2. The van der Waals surface area contributed by atoms with Crippen LogP contribution in [0, 0.1) is 6.92 Å². The summed E-state index contributed by atoms with van der Waals surface area (Å²) in [7, 11) is 0. The molecule has 0 fully saturated rings. The van der Waals surface area contributed by atoms with Gasteiger partial charge in [-0.05, 0) is 25.1 Å². The van der Waals surface area contributed by atoms with Gasteiger partial charge in [0.1, 0.15) is 15.6 Å². The second-order valence-electron chi connectivity index (χ2n) is 5.67. The van der Waals surface area contributed by atoms with Gasteiger partial charge in [-0.15, -0.1) is 11.3 Å². The zero-order valence-corrected chi connectivity index (χ0v) is 17.0. The van der Waals surface area contributed by atoms with Crippen LogP contribution in [0.5, 0.6) is 5.75 Å². The van der Waals surface area contributed by atoms with E-state index in [-0.39, 0.29) is 11.6 Å². The molecule has 0 unspecified atom stereocenters. The van der Waals surface area contributed by atoms with Gasteiger partial charge in [-0.25, -0.2) is 4.98 Å². The molecule has 3 aromatic rings. The molecule has 0 bridgehead atoms. The van der Waals surface area contributed by atoms with Gasteiger partial charge in [0.05, 0.1) is 10.7 Å². The Kier molecular flexibility index (Phi) is 6.51. The fraction of sp³-hybridized carbons (Fsp3) is 0.105. The molecule has 0 saturated carbocycles. The van der Waals surface area contributed by atoms with Crippen molar-refractivity contribution < 1.29 is 14.3 Å². The molecule has 2 amide bonds. The average molecular weight is 436 g/mol. The monoisotopic (exact) mass is 435 g/mol. The third-order valence-electron chi connectivity index (χ3n) is 3.59. The first kappa shape index (κ1) is 20.1. The van der Waals surface area contributed by atoms with Crippen LogP contribution in [0.15, 0.2) is 48.5 Å². The fourth-order valence-corrected chi connectivity index (χ4v) is 3.70. The Balaban J connectivity index is 1.55. The SMILES string of the molecule is Cc1nc(-c2ccccc2)sc1C(=O)NNC(=O)COc1ccc(Cl)cc1Cl. The van der Waals surface area contributed by atoms with Crippen LogP contribution in [-0.4, -0.2) is 23.4 Å². The molecule has 144 valence electrons. The Labute approximate surface area is 175 Å². The molecule has 0 atom stereocenters. The summed E-state index contributed by atoms with van der Waals surface area (Å²) in [6.07, 6.45) is 0. The number of aryl methyl sites for hydroxylation is 1. The summed E-state index contributed by atoms with van der Waals surface area (Å²) >= 11 is 13.0. The van der Waals surface area contributed by atoms with E-state index in [4.69, 9.17) is 27.9 Å². The van der Waals surface area contributed by atoms with Crippen molar-refractivity contribution in [3.05, 3.63) is 69.1 Å². The topological polar surface area (TPSA) is 80.3 Å². The molecular formula is C19H15Cl2N3O3S. The quantitative estimate of drug-likeness (QED) is 0.586. The van der Waals surface area contributed by atoms with Crippen LogP contribution in [0.25, 0.3) is 10.6 Å². The zero-order valence-electron chi connectivity index (χ0n) is 14.7. The number of rotatable bonds is 5. The van der Waals surface area contributed by atoms with Crippen molar-refractivity contribution in [2.75, 3.05) is 6.61 Å². The predicted octanol–water partition coefficient (Wildman–Crippen LogP) is 4.27. The molecule has 3 rings (SSSR count). The maximum absolute atomic E-state index is 12.3. The second-order valence-corrected chi connectivity index (χ2v) is 7.51. The van der Waals surface area contributed by atoms with Gasteiger partial charge >= 0.3 is 0 Å². The maximum Gasteiger partial charge on any atom is 0.281 e. The molecule has 0 spiro atoms. The molecule has 0 aliphatic carbocycles. The van der Waals surface area contributed by atoms with Gasteiger partial charge in [0, 0.05) is 10.6 Å². The number of hydrazine groups is 1. The maximum atomic E-state index is 12.3. The van der Waals surface area contributed by atoms with Gasteiger partial charge in [0.25, 0.3) is 11.8 Å². The third-order valence-corrected chi connectivity index (χ3v) is 5.33. The lowest BCUT2D eigenvalue weighted by Crippen LogP contribution is -2.43. The number of hydrogen-bond donors (Lipinski definition) is 2. The van der Waals surface area contributed by atoms with E-state index < -0.39 is 11.8 Å². The minimum absolute atomic E-state index is 0.290. The van der Waals surface area contributed by atoms with E-state index in [1.165, 1.54) is 17.4 Å². The lowest BCUT2D eigenvalue weighted by molar-refractivity contribution is -0.123. The fourth-order valence-electron chi connectivity index (χ4n) is 2.27. The highest BCUT2D eigenvalue weighted by molar-refractivity contribution is 7.17. The molecule has 0 saturated heterocycles. The summed E-state index contributed by atoms with van der Waals surface area (Å²) in [5.74, 6) is -0.668. The summed E-state index contributed by atoms with van der Waals surface area (Å²) < 4.78 is 5.31. The van der Waals surface area contributed by atoms with Crippen LogP contribution in [0.2, 0.25) is 10.0 Å². The molecule has 6 nitrogen and oxygen atoms in total. The molecule has 1 aromatic heterocycles. The number of thiazole rings is 1. The molecule has 0 aliphatic heterocycles. The van der Waals surface area contributed by atoms with Crippen molar-refractivity contribution in [2.24, 2.45) is 0 Å². The highest BCUT2D eigenvalue weighted by Gasteiger charge is 2.17. The van der Waals surface area contributed by atoms with Crippen LogP contribution < -0.4 is 15.6 Å². The number of nitrogens with zero attached hydrogens (tertiary/aromatic N) is 1. The largest absolute Gasteiger partial charge is 0.482 e. The van der Waals surface area contributed by atoms with Crippen LogP contribution in [0.1, 0.15) is 15.4 Å². The Morgan fingerprint density at radius 2 is 1.86 bits per heavy atom. The first-order valence-corrected chi connectivity index (χ1v) is 9.71. The standard InChI is InChI=1S/C19H15Cl2N3O3S/c1-11-17(28-19(22-11)12-5-3-2-4-6-12)18(26)24-23-16(25)10-27-15-8-7-13(20)9-14(15)21/h2-9H,10H2,1H3,(H,23,25)(H,24,26). The van der Waals surface area contributed by atoms with E-state index in [9.17, 15) is 9.59 Å². The Bertz CT molecular complexity index is 1010. The first-order valence-electron chi connectivity index (χ1n) is 8.14. The number of ether oxygens (including phenoxy) is 1. The van der Waals surface area contributed by atoms with E-state index in [1.807, 2.05) is 30.3 Å². The number of benzene rings is 2.